The maximum Gasteiger partial charge on any atom is 0.297 e. The van der Waals surface area contributed by atoms with Crippen molar-refractivity contribution in [2.75, 3.05) is 14.2 Å². The highest BCUT2D eigenvalue weighted by atomic mass is 32.2. The number of methoxy groups -OCH3 is 2. The van der Waals surface area contributed by atoms with E-state index in [0.717, 1.165) is 5.56 Å². The van der Waals surface area contributed by atoms with Crippen molar-refractivity contribution in [3.8, 4) is 0 Å². The largest absolute Gasteiger partial charge is 0.353 e. The fourth-order valence-electron chi connectivity index (χ4n) is 2.06. The lowest BCUT2D eigenvalue weighted by Gasteiger charge is -2.43. The van der Waals surface area contributed by atoms with Crippen molar-refractivity contribution >= 4 is 10.1 Å². The summed E-state index contributed by atoms with van der Waals surface area (Å²) in [5.41, 5.74) is 1.00. The third kappa shape index (κ3) is 2.97. The van der Waals surface area contributed by atoms with Crippen molar-refractivity contribution in [1.29, 1.82) is 0 Å². The molecule has 19 heavy (non-hydrogen) atoms. The summed E-state index contributed by atoms with van der Waals surface area (Å²) in [6.45, 7) is 1.90. The molecule has 1 aromatic carbocycles. The summed E-state index contributed by atoms with van der Waals surface area (Å²) in [6.07, 6.45) is 0.419. The van der Waals surface area contributed by atoms with Gasteiger partial charge in [-0.2, -0.15) is 8.42 Å². The quantitative estimate of drug-likeness (QED) is 0.610. The SMILES string of the molecule is COC1(OC)CC(OS(=O)(=O)c2ccc(C)cc2)C1. The topological polar surface area (TPSA) is 61.8 Å². The van der Waals surface area contributed by atoms with Crippen molar-refractivity contribution in [3.63, 3.8) is 0 Å². The lowest BCUT2D eigenvalue weighted by atomic mass is 9.88. The Morgan fingerprint density at radius 2 is 1.63 bits per heavy atom. The second kappa shape index (κ2) is 5.20. The minimum atomic E-state index is -3.71. The van der Waals surface area contributed by atoms with Gasteiger partial charge in [-0.3, -0.25) is 4.18 Å². The highest BCUT2D eigenvalue weighted by Crippen LogP contribution is 2.39. The van der Waals surface area contributed by atoms with E-state index in [4.69, 9.17) is 13.7 Å². The van der Waals surface area contributed by atoms with Crippen LogP contribution in [0.25, 0.3) is 0 Å². The van der Waals surface area contributed by atoms with E-state index in [-0.39, 0.29) is 4.90 Å². The van der Waals surface area contributed by atoms with Crippen LogP contribution in [0, 0.1) is 6.92 Å². The summed E-state index contributed by atoms with van der Waals surface area (Å²) in [4.78, 5) is 0.172. The van der Waals surface area contributed by atoms with Gasteiger partial charge in [0.2, 0.25) is 0 Å². The molecule has 0 unspecified atom stereocenters. The Morgan fingerprint density at radius 1 is 1.11 bits per heavy atom. The van der Waals surface area contributed by atoms with Gasteiger partial charge in [0.15, 0.2) is 5.79 Å². The molecule has 1 aliphatic rings. The molecule has 0 saturated heterocycles. The molecule has 1 fully saturated rings. The Labute approximate surface area is 113 Å². The number of benzene rings is 1. The maximum atomic E-state index is 12.0. The Balaban J connectivity index is 2.02. The van der Waals surface area contributed by atoms with Gasteiger partial charge in [0.1, 0.15) is 0 Å². The molecule has 106 valence electrons. The van der Waals surface area contributed by atoms with Crippen LogP contribution in [0.5, 0.6) is 0 Å². The van der Waals surface area contributed by atoms with E-state index >= 15 is 0 Å². The van der Waals surface area contributed by atoms with Gasteiger partial charge in [-0.25, -0.2) is 0 Å². The van der Waals surface area contributed by atoms with Crippen LogP contribution in [0.15, 0.2) is 29.2 Å². The highest BCUT2D eigenvalue weighted by molar-refractivity contribution is 7.86. The molecule has 0 spiro atoms. The molecule has 0 radical (unpaired) electrons. The molecule has 1 aromatic rings. The molecule has 2 rings (SSSR count). The molecule has 0 N–H and O–H groups in total. The third-order valence-corrected chi connectivity index (χ3v) is 4.77. The van der Waals surface area contributed by atoms with Crippen LogP contribution in [0.2, 0.25) is 0 Å². The number of rotatable bonds is 5. The lowest BCUT2D eigenvalue weighted by molar-refractivity contribution is -0.277. The van der Waals surface area contributed by atoms with E-state index in [1.807, 2.05) is 6.92 Å². The monoisotopic (exact) mass is 286 g/mol. The number of hydrogen-bond donors (Lipinski definition) is 0. The Hall–Kier alpha value is -0.950. The maximum absolute atomic E-state index is 12.0. The van der Waals surface area contributed by atoms with E-state index < -0.39 is 22.0 Å². The van der Waals surface area contributed by atoms with Gasteiger partial charge in [-0.05, 0) is 19.1 Å². The summed E-state index contributed by atoms with van der Waals surface area (Å²) >= 11 is 0. The summed E-state index contributed by atoms with van der Waals surface area (Å²) in [5.74, 6) is -0.701. The molecule has 0 bridgehead atoms. The predicted octanol–water partition coefficient (Wildman–Crippen LogP) is 1.85. The third-order valence-electron chi connectivity index (χ3n) is 3.39. The van der Waals surface area contributed by atoms with E-state index in [1.165, 1.54) is 14.2 Å². The molecule has 6 heteroatoms. The van der Waals surface area contributed by atoms with E-state index in [0.29, 0.717) is 12.8 Å². The Kier molecular flexibility index (Phi) is 3.96. The minimum Gasteiger partial charge on any atom is -0.353 e. The van der Waals surface area contributed by atoms with Gasteiger partial charge in [-0.15, -0.1) is 0 Å². The fraction of sp³-hybridized carbons (Fsp3) is 0.538. The first kappa shape index (κ1) is 14.5. The van der Waals surface area contributed by atoms with E-state index in [1.54, 1.807) is 24.3 Å². The summed E-state index contributed by atoms with van der Waals surface area (Å²) in [7, 11) is -0.643. The molecule has 1 aliphatic carbocycles. The molecule has 0 heterocycles. The van der Waals surface area contributed by atoms with Crippen LogP contribution in [-0.4, -0.2) is 34.5 Å². The first-order valence-corrected chi connectivity index (χ1v) is 7.42. The molecular formula is C13H18O5S. The van der Waals surface area contributed by atoms with Crippen LogP contribution in [-0.2, 0) is 23.8 Å². The van der Waals surface area contributed by atoms with Gasteiger partial charge < -0.3 is 9.47 Å². The number of hydrogen-bond acceptors (Lipinski definition) is 5. The lowest BCUT2D eigenvalue weighted by Crippen LogP contribution is -2.51. The van der Waals surface area contributed by atoms with Gasteiger partial charge in [0.05, 0.1) is 11.0 Å². The molecule has 5 nitrogen and oxygen atoms in total. The smallest absolute Gasteiger partial charge is 0.297 e. The second-order valence-electron chi connectivity index (χ2n) is 4.71. The second-order valence-corrected chi connectivity index (χ2v) is 6.28. The first-order valence-electron chi connectivity index (χ1n) is 6.01. The predicted molar refractivity (Wildman–Crippen MR) is 69.2 cm³/mol. The fourth-order valence-corrected chi connectivity index (χ4v) is 3.13. The molecule has 0 amide bonds. The van der Waals surface area contributed by atoms with Gasteiger partial charge in [-0.1, -0.05) is 17.7 Å². The normalized spacial score (nSPS) is 19.1. The van der Waals surface area contributed by atoms with Crippen molar-refractivity contribution in [2.24, 2.45) is 0 Å². The van der Waals surface area contributed by atoms with Crippen LogP contribution in [0.3, 0.4) is 0 Å². The van der Waals surface area contributed by atoms with Crippen LogP contribution < -0.4 is 0 Å². The molecule has 1 saturated carbocycles. The van der Waals surface area contributed by atoms with Crippen molar-refractivity contribution in [2.45, 2.75) is 36.6 Å². The van der Waals surface area contributed by atoms with E-state index in [2.05, 4.69) is 0 Å². The summed E-state index contributed by atoms with van der Waals surface area (Å²) in [6, 6.07) is 6.57. The average molecular weight is 286 g/mol. The zero-order valence-corrected chi connectivity index (χ0v) is 12.1. The molecule has 0 aromatic heterocycles. The summed E-state index contributed by atoms with van der Waals surface area (Å²) < 4.78 is 39.6. The van der Waals surface area contributed by atoms with Crippen LogP contribution in [0.4, 0.5) is 0 Å². The highest BCUT2D eigenvalue weighted by Gasteiger charge is 2.48. The molecule has 0 atom stereocenters. The average Bonchev–Trinajstić information content (AvgIpc) is 2.34. The van der Waals surface area contributed by atoms with Crippen molar-refractivity contribution in [3.05, 3.63) is 29.8 Å². The zero-order valence-electron chi connectivity index (χ0n) is 11.3. The first-order chi connectivity index (χ1) is 8.91. The number of aryl methyl sites for hydroxylation is 1. The van der Waals surface area contributed by atoms with Crippen LogP contribution in [0.1, 0.15) is 18.4 Å². The minimum absolute atomic E-state index is 0.172. The Morgan fingerprint density at radius 3 is 2.11 bits per heavy atom. The summed E-state index contributed by atoms with van der Waals surface area (Å²) in [5, 5.41) is 0. The standard InChI is InChI=1S/C13H18O5S/c1-10-4-6-12(7-5-10)19(14,15)18-11-8-13(9-11,16-2)17-3/h4-7,11H,8-9H2,1-3H3. The Bertz CT molecular complexity index is 523. The number of ether oxygens (including phenoxy) is 2. The van der Waals surface area contributed by atoms with Crippen LogP contribution >= 0.6 is 0 Å². The van der Waals surface area contributed by atoms with Gasteiger partial charge in [0, 0.05) is 27.1 Å². The van der Waals surface area contributed by atoms with E-state index in [9.17, 15) is 8.42 Å². The van der Waals surface area contributed by atoms with Gasteiger partial charge in [0.25, 0.3) is 10.1 Å². The van der Waals surface area contributed by atoms with Gasteiger partial charge >= 0.3 is 0 Å². The molecule has 0 aliphatic heterocycles. The van der Waals surface area contributed by atoms with Crippen molar-refractivity contribution < 1.29 is 22.1 Å². The zero-order chi connectivity index (χ0) is 14.1. The molecular weight excluding hydrogens is 268 g/mol. The van der Waals surface area contributed by atoms with Crippen molar-refractivity contribution in [1.82, 2.24) is 0 Å².